The molecule has 0 radical (unpaired) electrons. The third-order valence-corrected chi connectivity index (χ3v) is 2.57. The van der Waals surface area contributed by atoms with E-state index in [1.807, 2.05) is 0 Å². The van der Waals surface area contributed by atoms with Gasteiger partial charge < -0.3 is 19.4 Å². The predicted molar refractivity (Wildman–Crippen MR) is 72.5 cm³/mol. The highest BCUT2D eigenvalue weighted by atomic mass is 16.5. The van der Waals surface area contributed by atoms with Gasteiger partial charge in [-0.1, -0.05) is 6.08 Å². The van der Waals surface area contributed by atoms with Gasteiger partial charge in [0.2, 0.25) is 0 Å². The molecule has 0 aliphatic heterocycles. The highest BCUT2D eigenvalue weighted by molar-refractivity contribution is 5.82. The highest BCUT2D eigenvalue weighted by Gasteiger charge is 2.12. The zero-order valence-corrected chi connectivity index (χ0v) is 11.5. The molecule has 6 nitrogen and oxygen atoms in total. The molecule has 1 aromatic rings. The van der Waals surface area contributed by atoms with Gasteiger partial charge in [0.15, 0.2) is 0 Å². The molecule has 2 N–H and O–H groups in total. The molecule has 6 heteroatoms. The minimum atomic E-state index is -1.05. The van der Waals surface area contributed by atoms with Gasteiger partial charge in [-0.25, -0.2) is 9.59 Å². The number of hydrogen-bond donors (Lipinski definition) is 2. The van der Waals surface area contributed by atoms with Crippen LogP contribution in [0.25, 0.3) is 5.57 Å². The number of aliphatic hydroxyl groups is 1. The third-order valence-electron chi connectivity index (χ3n) is 2.57. The van der Waals surface area contributed by atoms with Gasteiger partial charge in [0, 0.05) is 12.1 Å². The summed E-state index contributed by atoms with van der Waals surface area (Å²) in [4.78, 5) is 22.2. The van der Waals surface area contributed by atoms with Gasteiger partial charge >= 0.3 is 11.6 Å². The first-order chi connectivity index (χ1) is 9.38. The van der Waals surface area contributed by atoms with Crippen LogP contribution in [0.15, 0.2) is 33.0 Å². The van der Waals surface area contributed by atoms with E-state index in [-0.39, 0.29) is 17.1 Å². The number of carbonyl (C=O) groups is 1. The maximum Gasteiger partial charge on any atom is 0.345 e. The van der Waals surface area contributed by atoms with Crippen molar-refractivity contribution in [1.82, 2.24) is 0 Å². The Bertz CT molecular complexity index is 621. The van der Waals surface area contributed by atoms with Gasteiger partial charge in [-0.05, 0) is 25.0 Å². The first-order valence-corrected chi connectivity index (χ1v) is 5.80. The van der Waals surface area contributed by atoms with Crippen LogP contribution in [0, 0.1) is 0 Å². The van der Waals surface area contributed by atoms with Crippen LogP contribution in [0.4, 0.5) is 0 Å². The summed E-state index contributed by atoms with van der Waals surface area (Å²) in [5.74, 6) is -0.574. The van der Waals surface area contributed by atoms with Gasteiger partial charge in [-0.3, -0.25) is 0 Å². The Hall–Kier alpha value is -2.34. The van der Waals surface area contributed by atoms with Crippen LogP contribution in [-0.4, -0.2) is 23.3 Å². The van der Waals surface area contributed by atoms with Gasteiger partial charge in [-0.15, -0.1) is 0 Å². The molecule has 0 fully saturated rings. The molecule has 0 aliphatic carbocycles. The number of hydrogen-bond acceptors (Lipinski definition) is 5. The summed E-state index contributed by atoms with van der Waals surface area (Å²) in [5.41, 5.74) is 0.430. The molecule has 0 unspecified atom stereocenters. The van der Waals surface area contributed by atoms with Crippen molar-refractivity contribution in [3.63, 3.8) is 0 Å². The van der Waals surface area contributed by atoms with Crippen LogP contribution in [0.2, 0.25) is 0 Å². The van der Waals surface area contributed by atoms with Crippen molar-refractivity contribution in [2.75, 3.05) is 7.11 Å². The van der Waals surface area contributed by atoms with Crippen LogP contribution >= 0.6 is 0 Å². The number of aliphatic hydroxyl groups excluding tert-OH is 1. The minimum Gasteiger partial charge on any atom is -0.496 e. The van der Waals surface area contributed by atoms with E-state index in [9.17, 15) is 9.59 Å². The second-order valence-corrected chi connectivity index (χ2v) is 4.16. The van der Waals surface area contributed by atoms with Crippen LogP contribution in [0.3, 0.4) is 0 Å². The second-order valence-electron chi connectivity index (χ2n) is 4.16. The van der Waals surface area contributed by atoms with Crippen molar-refractivity contribution in [1.29, 1.82) is 0 Å². The van der Waals surface area contributed by atoms with Crippen molar-refractivity contribution in [2.45, 2.75) is 20.5 Å². The van der Waals surface area contributed by atoms with E-state index in [1.165, 1.54) is 13.2 Å². The molecule has 0 atom stereocenters. The lowest BCUT2D eigenvalue weighted by Crippen LogP contribution is -2.10. The van der Waals surface area contributed by atoms with Crippen LogP contribution < -0.4 is 10.4 Å². The number of rotatable bonds is 5. The van der Waals surface area contributed by atoms with Crippen molar-refractivity contribution in [3.05, 3.63) is 45.5 Å². The first kappa shape index (κ1) is 15.7. The molecular weight excluding hydrogens is 264 g/mol. The van der Waals surface area contributed by atoms with E-state index >= 15 is 0 Å². The fourth-order valence-corrected chi connectivity index (χ4v) is 1.67. The monoisotopic (exact) mass is 280 g/mol. The van der Waals surface area contributed by atoms with Crippen LogP contribution in [-0.2, 0) is 11.4 Å². The molecule has 20 heavy (non-hydrogen) atoms. The van der Waals surface area contributed by atoms with E-state index in [1.54, 1.807) is 19.9 Å². The van der Waals surface area contributed by atoms with E-state index in [0.717, 1.165) is 6.08 Å². The lowest BCUT2D eigenvalue weighted by Gasteiger charge is -2.07. The maximum atomic E-state index is 11.7. The Morgan fingerprint density at radius 2 is 2.05 bits per heavy atom. The fourth-order valence-electron chi connectivity index (χ4n) is 1.67. The fraction of sp³-hybridized carbons (Fsp3) is 0.286. The highest BCUT2D eigenvalue weighted by Crippen LogP contribution is 2.22. The van der Waals surface area contributed by atoms with E-state index in [4.69, 9.17) is 19.4 Å². The first-order valence-electron chi connectivity index (χ1n) is 5.80. The number of carboxylic acid groups (broad SMARTS) is 1. The lowest BCUT2D eigenvalue weighted by molar-refractivity contribution is -0.131. The molecule has 0 aromatic carbocycles. The third kappa shape index (κ3) is 3.83. The summed E-state index contributed by atoms with van der Waals surface area (Å²) >= 11 is 0. The summed E-state index contributed by atoms with van der Waals surface area (Å²) in [5, 5.41) is 17.7. The minimum absolute atomic E-state index is 0.0434. The molecule has 0 saturated carbocycles. The average molecular weight is 280 g/mol. The molecular formula is C14H16O6. The smallest absolute Gasteiger partial charge is 0.345 e. The standard InChI is InChI=1S/C14H16O6/c1-8(5-13(16)17)4-9(2)11-6-12(19-3)10(7-15)14(18)20-11/h4-6,15H,7H2,1-3H3,(H,16,17)/b8-5+,9-4+. The zero-order valence-electron chi connectivity index (χ0n) is 11.5. The SMILES string of the molecule is COc1cc(/C(C)=C/C(C)=C/C(=O)O)oc(=O)c1CO. The average Bonchev–Trinajstić information content (AvgIpc) is 2.36. The van der Waals surface area contributed by atoms with Crippen molar-refractivity contribution in [3.8, 4) is 5.75 Å². The Labute approximate surface area is 115 Å². The van der Waals surface area contributed by atoms with Crippen molar-refractivity contribution >= 4 is 11.5 Å². The summed E-state index contributed by atoms with van der Waals surface area (Å²) in [6.45, 7) is 2.82. The number of ether oxygens (including phenoxy) is 1. The molecule has 0 aliphatic rings. The molecule has 1 aromatic heterocycles. The van der Waals surface area contributed by atoms with Gasteiger partial charge in [0.1, 0.15) is 17.1 Å². The normalized spacial score (nSPS) is 12.4. The number of carboxylic acids is 1. The number of methoxy groups -OCH3 is 1. The van der Waals surface area contributed by atoms with Crippen molar-refractivity contribution < 1.29 is 24.2 Å². The Kier molecular flexibility index (Phi) is 5.28. The molecule has 1 heterocycles. The molecule has 0 saturated heterocycles. The predicted octanol–water partition coefficient (Wildman–Crippen LogP) is 1.57. The molecule has 0 spiro atoms. The summed E-state index contributed by atoms with van der Waals surface area (Å²) in [6, 6.07) is 1.48. The van der Waals surface area contributed by atoms with Gasteiger partial charge in [0.05, 0.1) is 13.7 Å². The summed E-state index contributed by atoms with van der Waals surface area (Å²) < 4.78 is 10.1. The van der Waals surface area contributed by atoms with Gasteiger partial charge in [0.25, 0.3) is 0 Å². The zero-order chi connectivity index (χ0) is 15.3. The summed E-state index contributed by atoms with van der Waals surface area (Å²) in [7, 11) is 1.38. The Morgan fingerprint density at radius 1 is 1.40 bits per heavy atom. The van der Waals surface area contributed by atoms with E-state index in [2.05, 4.69) is 0 Å². The second kappa shape index (κ2) is 6.72. The quantitative estimate of drug-likeness (QED) is 0.627. The molecule has 1 rings (SSSR count). The van der Waals surface area contributed by atoms with E-state index in [0.29, 0.717) is 11.1 Å². The molecule has 108 valence electrons. The van der Waals surface area contributed by atoms with Crippen molar-refractivity contribution in [2.24, 2.45) is 0 Å². The summed E-state index contributed by atoms with van der Waals surface area (Å²) in [6.07, 6.45) is 2.62. The lowest BCUT2D eigenvalue weighted by atomic mass is 10.1. The van der Waals surface area contributed by atoms with Crippen LogP contribution in [0.5, 0.6) is 5.75 Å². The Balaban J connectivity index is 3.27. The van der Waals surface area contributed by atoms with E-state index < -0.39 is 18.2 Å². The van der Waals surface area contributed by atoms with Gasteiger partial charge in [-0.2, -0.15) is 0 Å². The number of allylic oxidation sites excluding steroid dienone is 3. The molecule has 0 amide bonds. The number of aliphatic carboxylic acids is 1. The maximum absolute atomic E-state index is 11.7. The topological polar surface area (TPSA) is 97.0 Å². The molecule has 0 bridgehead atoms. The Morgan fingerprint density at radius 3 is 2.55 bits per heavy atom. The van der Waals surface area contributed by atoms with Crippen LogP contribution in [0.1, 0.15) is 25.2 Å². The largest absolute Gasteiger partial charge is 0.496 e.